The Kier molecular flexibility index (Phi) is 16.8. The highest BCUT2D eigenvalue weighted by Crippen LogP contribution is 2.16. The van der Waals surface area contributed by atoms with Crippen molar-refractivity contribution >= 4 is 0 Å². The lowest BCUT2D eigenvalue weighted by molar-refractivity contribution is -0.917. The van der Waals surface area contributed by atoms with Crippen LogP contribution in [0.3, 0.4) is 0 Å². The van der Waals surface area contributed by atoms with Crippen LogP contribution >= 0.6 is 0 Å². The predicted octanol–water partition coefficient (Wildman–Crippen LogP) is 9.08. The maximum atomic E-state index is 4.00. The van der Waals surface area contributed by atoms with Gasteiger partial charge < -0.3 is 4.48 Å². The van der Waals surface area contributed by atoms with E-state index < -0.39 is 0 Å². The van der Waals surface area contributed by atoms with Crippen molar-refractivity contribution in [2.75, 3.05) is 20.1 Å². The smallest absolute Gasteiger partial charge is 0.104 e. The molecule has 0 spiro atoms. The molecule has 0 aliphatic carbocycles. The largest absolute Gasteiger partial charge is 0.319 e. The van der Waals surface area contributed by atoms with Crippen LogP contribution in [0.4, 0.5) is 0 Å². The molecule has 1 aromatic carbocycles. The highest BCUT2D eigenvalue weighted by molar-refractivity contribution is 5.13. The summed E-state index contributed by atoms with van der Waals surface area (Å²) in [5, 5.41) is 0. The van der Waals surface area contributed by atoms with Crippen molar-refractivity contribution in [1.29, 1.82) is 0 Å². The lowest BCUT2D eigenvalue weighted by Gasteiger charge is -2.34. The second-order valence-electron chi connectivity index (χ2n) is 9.76. The van der Waals surface area contributed by atoms with Gasteiger partial charge in [-0.25, -0.2) is 0 Å². The fourth-order valence-electron chi connectivity index (χ4n) is 4.61. The summed E-state index contributed by atoms with van der Waals surface area (Å²) in [5.41, 5.74) is 1.44. The van der Waals surface area contributed by atoms with E-state index in [0.717, 1.165) is 17.6 Å². The normalized spacial score (nSPS) is 13.3. The lowest BCUT2D eigenvalue weighted by atomic mass is 10.0. The number of hydrogen-bond donors (Lipinski definition) is 0. The van der Waals surface area contributed by atoms with Gasteiger partial charge in [-0.05, 0) is 18.9 Å². The Hall–Kier alpha value is -1.08. The minimum Gasteiger partial charge on any atom is -0.319 e. The third-order valence-corrected chi connectivity index (χ3v) is 6.53. The first-order valence-electron chi connectivity index (χ1n) is 13.2. The molecule has 1 heteroatoms. The van der Waals surface area contributed by atoms with E-state index in [1.807, 2.05) is 0 Å². The molecule has 1 aromatic rings. The average Bonchev–Trinajstić information content (AvgIpc) is 2.74. The van der Waals surface area contributed by atoms with Gasteiger partial charge in [0.25, 0.3) is 0 Å². The Bertz CT molecular complexity index is 494. The summed E-state index contributed by atoms with van der Waals surface area (Å²) in [6, 6.07) is 10.9. The number of rotatable bonds is 21. The van der Waals surface area contributed by atoms with Crippen LogP contribution in [0.2, 0.25) is 0 Å². The quantitative estimate of drug-likeness (QED) is 0.107. The molecule has 1 atom stereocenters. The van der Waals surface area contributed by atoms with Gasteiger partial charge in [0.1, 0.15) is 6.54 Å². The highest BCUT2D eigenvalue weighted by Gasteiger charge is 2.19. The van der Waals surface area contributed by atoms with Gasteiger partial charge in [0.15, 0.2) is 0 Å². The second kappa shape index (κ2) is 18.7. The SMILES string of the molecule is C=CC[N+](C)(CCCCCCCCCCCCCCCCCC)Cc1ccccc1. The van der Waals surface area contributed by atoms with E-state index in [1.165, 1.54) is 115 Å². The molecule has 0 aliphatic heterocycles. The van der Waals surface area contributed by atoms with Crippen LogP contribution < -0.4 is 0 Å². The maximum absolute atomic E-state index is 4.00. The van der Waals surface area contributed by atoms with E-state index in [-0.39, 0.29) is 0 Å². The van der Waals surface area contributed by atoms with Crippen molar-refractivity contribution in [2.24, 2.45) is 0 Å². The Morgan fingerprint density at radius 3 is 1.53 bits per heavy atom. The van der Waals surface area contributed by atoms with Gasteiger partial charge in [0, 0.05) is 5.56 Å². The first kappa shape index (κ1) is 27.0. The Labute approximate surface area is 189 Å². The summed E-state index contributed by atoms with van der Waals surface area (Å²) < 4.78 is 1.09. The Morgan fingerprint density at radius 1 is 0.667 bits per heavy atom. The summed E-state index contributed by atoms with van der Waals surface area (Å²) in [7, 11) is 2.39. The molecule has 0 amide bonds. The van der Waals surface area contributed by atoms with Crippen LogP contribution in [0, 0.1) is 0 Å². The minimum atomic E-state index is 1.06. The minimum absolute atomic E-state index is 1.06. The first-order chi connectivity index (χ1) is 14.7. The maximum Gasteiger partial charge on any atom is 0.104 e. The number of quaternary nitrogens is 1. The van der Waals surface area contributed by atoms with E-state index in [2.05, 4.69) is 57.0 Å². The average molecular weight is 415 g/mol. The van der Waals surface area contributed by atoms with Crippen molar-refractivity contribution in [1.82, 2.24) is 0 Å². The fourth-order valence-corrected chi connectivity index (χ4v) is 4.61. The fraction of sp³-hybridized carbons (Fsp3) is 0.724. The molecular formula is C29H52N+. The molecule has 1 nitrogen and oxygen atoms in total. The third-order valence-electron chi connectivity index (χ3n) is 6.53. The molecule has 1 unspecified atom stereocenters. The van der Waals surface area contributed by atoms with Gasteiger partial charge >= 0.3 is 0 Å². The molecule has 0 saturated carbocycles. The van der Waals surface area contributed by atoms with Crippen molar-refractivity contribution in [3.8, 4) is 0 Å². The third kappa shape index (κ3) is 14.8. The zero-order valence-corrected chi connectivity index (χ0v) is 20.6. The molecule has 0 fully saturated rings. The van der Waals surface area contributed by atoms with Gasteiger partial charge in [-0.2, -0.15) is 0 Å². The molecule has 0 saturated heterocycles. The lowest BCUT2D eigenvalue weighted by Crippen LogP contribution is -2.44. The van der Waals surface area contributed by atoms with E-state index in [9.17, 15) is 0 Å². The molecule has 0 aromatic heterocycles. The van der Waals surface area contributed by atoms with Crippen LogP contribution in [0.5, 0.6) is 0 Å². The number of hydrogen-bond acceptors (Lipinski definition) is 0. The molecule has 30 heavy (non-hydrogen) atoms. The first-order valence-corrected chi connectivity index (χ1v) is 13.2. The van der Waals surface area contributed by atoms with Crippen LogP contribution in [0.25, 0.3) is 0 Å². The van der Waals surface area contributed by atoms with Crippen molar-refractivity contribution in [2.45, 2.75) is 116 Å². The van der Waals surface area contributed by atoms with Gasteiger partial charge in [0.2, 0.25) is 0 Å². The van der Waals surface area contributed by atoms with Crippen LogP contribution in [0.15, 0.2) is 43.0 Å². The standard InChI is InChI=1S/C29H52N/c1-4-6-7-8-9-10-11-12-13-14-15-16-17-18-19-23-27-30(3,26-5-2)28-29-24-21-20-22-25-29/h5,20-22,24-25H,2,4,6-19,23,26-28H2,1,3H3/q+1. The van der Waals surface area contributed by atoms with Crippen LogP contribution in [-0.2, 0) is 6.54 Å². The number of likely N-dealkylation sites (N-methyl/N-ethyl adjacent to an activating group) is 1. The molecule has 0 radical (unpaired) electrons. The van der Waals surface area contributed by atoms with E-state index in [0.29, 0.717) is 0 Å². The predicted molar refractivity (Wildman–Crippen MR) is 136 cm³/mol. The zero-order valence-electron chi connectivity index (χ0n) is 20.6. The Morgan fingerprint density at radius 2 is 1.10 bits per heavy atom. The topological polar surface area (TPSA) is 0 Å². The monoisotopic (exact) mass is 414 g/mol. The molecular weight excluding hydrogens is 362 g/mol. The molecule has 1 rings (SSSR count). The Balaban J connectivity index is 1.95. The van der Waals surface area contributed by atoms with Gasteiger partial charge in [0.05, 0.1) is 20.1 Å². The van der Waals surface area contributed by atoms with Crippen LogP contribution in [0.1, 0.15) is 115 Å². The summed E-state index contributed by atoms with van der Waals surface area (Å²) in [5.74, 6) is 0. The summed E-state index contributed by atoms with van der Waals surface area (Å²) in [6.07, 6.45) is 25.1. The zero-order chi connectivity index (χ0) is 21.8. The van der Waals surface area contributed by atoms with E-state index in [4.69, 9.17) is 0 Å². The number of nitrogens with zero attached hydrogens (tertiary/aromatic N) is 1. The molecule has 172 valence electrons. The number of unbranched alkanes of at least 4 members (excludes halogenated alkanes) is 15. The van der Waals surface area contributed by atoms with E-state index in [1.54, 1.807) is 0 Å². The van der Waals surface area contributed by atoms with Gasteiger partial charge in [-0.15, -0.1) is 0 Å². The van der Waals surface area contributed by atoms with Gasteiger partial charge in [-0.1, -0.05) is 134 Å². The second-order valence-corrected chi connectivity index (χ2v) is 9.76. The summed E-state index contributed by atoms with van der Waals surface area (Å²) in [4.78, 5) is 0. The molecule has 0 N–H and O–H groups in total. The summed E-state index contributed by atoms with van der Waals surface area (Å²) >= 11 is 0. The molecule has 0 bridgehead atoms. The van der Waals surface area contributed by atoms with Crippen molar-refractivity contribution < 1.29 is 4.48 Å². The van der Waals surface area contributed by atoms with Crippen molar-refractivity contribution in [3.05, 3.63) is 48.6 Å². The molecule has 0 aliphatic rings. The van der Waals surface area contributed by atoms with Crippen LogP contribution in [-0.4, -0.2) is 24.6 Å². The summed E-state index contributed by atoms with van der Waals surface area (Å²) in [6.45, 7) is 9.74. The highest BCUT2D eigenvalue weighted by atomic mass is 15.3. The molecule has 0 heterocycles. The number of benzene rings is 1. The van der Waals surface area contributed by atoms with Crippen molar-refractivity contribution in [3.63, 3.8) is 0 Å². The van der Waals surface area contributed by atoms with E-state index >= 15 is 0 Å². The van der Waals surface area contributed by atoms with Gasteiger partial charge in [-0.3, -0.25) is 0 Å².